The number of likely N-dealkylation sites (tertiary alicyclic amines) is 1. The number of benzene rings is 1. The van der Waals surface area contributed by atoms with Crippen molar-refractivity contribution in [3.8, 4) is 5.75 Å². The van der Waals surface area contributed by atoms with Crippen molar-refractivity contribution in [1.29, 1.82) is 0 Å². The van der Waals surface area contributed by atoms with E-state index in [1.54, 1.807) is 29.5 Å². The standard InChI is InChI=1S/C23H25N5O3S/c1-31-18-6-4-16(5-7-18)14-28-15-17(13-20(28)29)22(30)26-9-11-27(12-10-26)23-25-19-3-2-8-24-21(19)32-23/h2-8,17H,9-15H2,1H3/t17-/m1/s1. The van der Waals surface area contributed by atoms with Gasteiger partial charge >= 0.3 is 0 Å². The average molecular weight is 452 g/mol. The molecule has 9 heteroatoms. The summed E-state index contributed by atoms with van der Waals surface area (Å²) in [7, 11) is 1.63. The number of amides is 2. The predicted octanol–water partition coefficient (Wildman–Crippen LogP) is 2.40. The highest BCUT2D eigenvalue weighted by Gasteiger charge is 2.37. The molecule has 0 aliphatic carbocycles. The lowest BCUT2D eigenvalue weighted by atomic mass is 10.1. The van der Waals surface area contributed by atoms with Crippen molar-refractivity contribution in [2.45, 2.75) is 13.0 Å². The predicted molar refractivity (Wildman–Crippen MR) is 123 cm³/mol. The number of fused-ring (bicyclic) bond motifs is 1. The van der Waals surface area contributed by atoms with Gasteiger partial charge in [0.15, 0.2) is 5.13 Å². The number of methoxy groups -OCH3 is 1. The molecule has 2 aromatic heterocycles. The van der Waals surface area contributed by atoms with Crippen LogP contribution in [0.1, 0.15) is 12.0 Å². The molecule has 0 N–H and O–H groups in total. The van der Waals surface area contributed by atoms with E-state index in [1.165, 1.54) is 0 Å². The minimum Gasteiger partial charge on any atom is -0.497 e. The van der Waals surface area contributed by atoms with Crippen molar-refractivity contribution in [2.75, 3.05) is 44.7 Å². The van der Waals surface area contributed by atoms with E-state index in [0.717, 1.165) is 39.9 Å². The number of hydrogen-bond donors (Lipinski definition) is 0. The summed E-state index contributed by atoms with van der Waals surface area (Å²) in [6.07, 6.45) is 2.07. The molecular formula is C23H25N5O3S. The van der Waals surface area contributed by atoms with Crippen LogP contribution in [0.15, 0.2) is 42.6 Å². The van der Waals surface area contributed by atoms with E-state index < -0.39 is 0 Å². The number of hydrogen-bond acceptors (Lipinski definition) is 7. The molecule has 0 unspecified atom stereocenters. The summed E-state index contributed by atoms with van der Waals surface area (Å²) >= 11 is 1.58. The zero-order chi connectivity index (χ0) is 22.1. The Morgan fingerprint density at radius 2 is 1.94 bits per heavy atom. The van der Waals surface area contributed by atoms with E-state index in [0.29, 0.717) is 32.6 Å². The van der Waals surface area contributed by atoms with E-state index in [4.69, 9.17) is 4.74 Å². The number of anilines is 1. The molecule has 5 rings (SSSR count). The maximum atomic E-state index is 13.1. The first-order chi connectivity index (χ1) is 15.6. The van der Waals surface area contributed by atoms with E-state index >= 15 is 0 Å². The molecule has 0 bridgehead atoms. The number of pyridine rings is 1. The van der Waals surface area contributed by atoms with Crippen LogP contribution in [-0.4, -0.2) is 71.4 Å². The smallest absolute Gasteiger partial charge is 0.228 e. The number of thiazole rings is 1. The molecule has 0 radical (unpaired) electrons. The van der Waals surface area contributed by atoms with E-state index in [9.17, 15) is 9.59 Å². The van der Waals surface area contributed by atoms with Gasteiger partial charge in [-0.05, 0) is 29.8 Å². The van der Waals surface area contributed by atoms with Crippen LogP contribution in [0.2, 0.25) is 0 Å². The topological polar surface area (TPSA) is 78.9 Å². The highest BCUT2D eigenvalue weighted by molar-refractivity contribution is 7.21. The van der Waals surface area contributed by atoms with Crippen molar-refractivity contribution in [1.82, 2.24) is 19.8 Å². The van der Waals surface area contributed by atoms with Gasteiger partial charge in [-0.25, -0.2) is 9.97 Å². The van der Waals surface area contributed by atoms with Crippen LogP contribution in [0.3, 0.4) is 0 Å². The first-order valence-electron chi connectivity index (χ1n) is 10.8. The molecule has 166 valence electrons. The summed E-state index contributed by atoms with van der Waals surface area (Å²) < 4.78 is 5.19. The van der Waals surface area contributed by atoms with E-state index in [2.05, 4.69) is 14.9 Å². The Balaban J connectivity index is 1.16. The normalized spacial score (nSPS) is 19.1. The SMILES string of the molecule is COc1ccc(CN2C[C@H](C(=O)N3CCN(c4nc5cccnc5s4)CC3)CC2=O)cc1. The van der Waals surface area contributed by atoms with Crippen molar-refractivity contribution < 1.29 is 14.3 Å². The van der Waals surface area contributed by atoms with Gasteiger partial charge in [0.25, 0.3) is 0 Å². The van der Waals surface area contributed by atoms with E-state index in [-0.39, 0.29) is 17.7 Å². The summed E-state index contributed by atoms with van der Waals surface area (Å²) in [6, 6.07) is 11.6. The lowest BCUT2D eigenvalue weighted by Crippen LogP contribution is -2.50. The largest absolute Gasteiger partial charge is 0.497 e. The second kappa shape index (κ2) is 8.74. The van der Waals surface area contributed by atoms with E-state index in [1.807, 2.05) is 41.3 Å². The van der Waals surface area contributed by atoms with Crippen molar-refractivity contribution in [2.24, 2.45) is 5.92 Å². The van der Waals surface area contributed by atoms with Gasteiger partial charge in [0, 0.05) is 51.9 Å². The van der Waals surface area contributed by atoms with Crippen LogP contribution in [-0.2, 0) is 16.1 Å². The lowest BCUT2D eigenvalue weighted by molar-refractivity contribution is -0.136. The van der Waals surface area contributed by atoms with Gasteiger partial charge in [0.2, 0.25) is 11.8 Å². The lowest BCUT2D eigenvalue weighted by Gasteiger charge is -2.35. The zero-order valence-corrected chi connectivity index (χ0v) is 18.8. The second-order valence-corrected chi connectivity index (χ2v) is 9.12. The number of carbonyl (C=O) groups excluding carboxylic acids is 2. The van der Waals surface area contributed by atoms with Gasteiger partial charge in [0.1, 0.15) is 16.1 Å². The fourth-order valence-corrected chi connectivity index (χ4v) is 5.27. The minimum atomic E-state index is -0.265. The van der Waals surface area contributed by atoms with Crippen LogP contribution >= 0.6 is 11.3 Å². The molecule has 2 aliphatic heterocycles. The molecule has 0 saturated carbocycles. The highest BCUT2D eigenvalue weighted by atomic mass is 32.1. The number of nitrogens with zero attached hydrogens (tertiary/aromatic N) is 5. The van der Waals surface area contributed by atoms with Gasteiger partial charge in [0.05, 0.1) is 13.0 Å². The molecule has 32 heavy (non-hydrogen) atoms. The van der Waals surface area contributed by atoms with Gasteiger partial charge in [-0.2, -0.15) is 0 Å². The first kappa shape index (κ1) is 20.7. The molecule has 0 spiro atoms. The Labute approximate surface area is 190 Å². The monoisotopic (exact) mass is 451 g/mol. The third-order valence-corrected chi connectivity index (χ3v) is 7.15. The van der Waals surface area contributed by atoms with Gasteiger partial charge in [-0.3, -0.25) is 9.59 Å². The Hall–Kier alpha value is -3.20. The summed E-state index contributed by atoms with van der Waals surface area (Å²) in [5, 5.41) is 0.951. The van der Waals surface area contributed by atoms with Crippen LogP contribution in [0.25, 0.3) is 10.3 Å². The Morgan fingerprint density at radius 3 is 2.66 bits per heavy atom. The van der Waals surface area contributed by atoms with Gasteiger partial charge in [-0.1, -0.05) is 23.5 Å². The third kappa shape index (κ3) is 4.12. The minimum absolute atomic E-state index is 0.0415. The van der Waals surface area contributed by atoms with Crippen molar-refractivity contribution >= 4 is 38.6 Å². The number of ether oxygens (including phenoxy) is 1. The molecule has 4 heterocycles. The molecule has 8 nitrogen and oxygen atoms in total. The fraction of sp³-hybridized carbons (Fsp3) is 0.391. The Morgan fingerprint density at radius 1 is 1.16 bits per heavy atom. The van der Waals surface area contributed by atoms with Crippen LogP contribution < -0.4 is 9.64 Å². The molecule has 2 saturated heterocycles. The summed E-state index contributed by atoms with van der Waals surface area (Å²) in [5.74, 6) is 0.649. The summed E-state index contributed by atoms with van der Waals surface area (Å²) in [5.41, 5.74) is 1.94. The molecule has 3 aromatic rings. The quantitative estimate of drug-likeness (QED) is 0.593. The number of rotatable bonds is 5. The third-order valence-electron chi connectivity index (χ3n) is 6.11. The van der Waals surface area contributed by atoms with Gasteiger partial charge < -0.3 is 19.4 Å². The summed E-state index contributed by atoms with van der Waals surface area (Å²) in [4.78, 5) is 41.5. The maximum Gasteiger partial charge on any atom is 0.228 e. The molecule has 1 atom stereocenters. The van der Waals surface area contributed by atoms with Crippen LogP contribution in [0.4, 0.5) is 5.13 Å². The first-order valence-corrected chi connectivity index (χ1v) is 11.6. The van der Waals surface area contributed by atoms with Crippen LogP contribution in [0.5, 0.6) is 5.75 Å². The van der Waals surface area contributed by atoms with Crippen molar-refractivity contribution in [3.05, 3.63) is 48.2 Å². The number of carbonyl (C=O) groups is 2. The molecule has 2 aliphatic rings. The molecule has 1 aromatic carbocycles. The second-order valence-electron chi connectivity index (χ2n) is 8.16. The number of aromatic nitrogens is 2. The number of piperazine rings is 1. The van der Waals surface area contributed by atoms with Gasteiger partial charge in [-0.15, -0.1) is 0 Å². The Kier molecular flexibility index (Phi) is 5.65. The molecular weight excluding hydrogens is 426 g/mol. The Bertz CT molecular complexity index is 1090. The molecule has 2 amide bonds. The average Bonchev–Trinajstić information content (AvgIpc) is 3.43. The van der Waals surface area contributed by atoms with Crippen LogP contribution in [0, 0.1) is 5.92 Å². The van der Waals surface area contributed by atoms with Crippen molar-refractivity contribution in [3.63, 3.8) is 0 Å². The fourth-order valence-electron chi connectivity index (χ4n) is 4.31. The maximum absolute atomic E-state index is 13.1. The summed E-state index contributed by atoms with van der Waals surface area (Å²) in [6.45, 7) is 3.76. The molecule has 2 fully saturated rings. The highest BCUT2D eigenvalue weighted by Crippen LogP contribution is 2.28. The zero-order valence-electron chi connectivity index (χ0n) is 17.9.